The Bertz CT molecular complexity index is 284. The highest BCUT2D eigenvalue weighted by molar-refractivity contribution is 9.09. The number of hydrogen-bond acceptors (Lipinski definition) is 2. The Kier molecular flexibility index (Phi) is 5.35. The van der Waals surface area contributed by atoms with Crippen molar-refractivity contribution in [1.29, 1.82) is 0 Å². The smallest absolute Gasteiger partial charge is 0.0757 e. The lowest BCUT2D eigenvalue weighted by Crippen LogP contribution is -2.54. The van der Waals surface area contributed by atoms with Crippen LogP contribution in [0.4, 0.5) is 0 Å². The van der Waals surface area contributed by atoms with Gasteiger partial charge >= 0.3 is 0 Å². The predicted molar refractivity (Wildman–Crippen MR) is 85.0 cm³/mol. The molecule has 0 spiro atoms. The quantitative estimate of drug-likeness (QED) is 0.567. The van der Waals surface area contributed by atoms with Crippen molar-refractivity contribution in [3.05, 3.63) is 0 Å². The second-order valence-corrected chi connectivity index (χ2v) is 7.97. The molecule has 1 aliphatic heterocycles. The summed E-state index contributed by atoms with van der Waals surface area (Å²) in [6.45, 7) is 10.1. The number of alkyl halides is 1. The zero-order chi connectivity index (χ0) is 13.9. The van der Waals surface area contributed by atoms with E-state index in [-0.39, 0.29) is 5.60 Å². The highest BCUT2D eigenvalue weighted by atomic mass is 79.9. The molecule has 1 unspecified atom stereocenters. The van der Waals surface area contributed by atoms with Gasteiger partial charge in [0.25, 0.3) is 0 Å². The molecular formula is C16H30BrNO. The lowest BCUT2D eigenvalue weighted by molar-refractivity contribution is -0.134. The molecule has 0 amide bonds. The molecule has 2 rings (SSSR count). The van der Waals surface area contributed by atoms with Crippen LogP contribution in [0.2, 0.25) is 0 Å². The van der Waals surface area contributed by atoms with E-state index in [1.165, 1.54) is 45.1 Å². The van der Waals surface area contributed by atoms with Crippen LogP contribution in [0.15, 0.2) is 0 Å². The number of halogens is 1. The summed E-state index contributed by atoms with van der Waals surface area (Å²) in [5.74, 6) is 0. The minimum Gasteiger partial charge on any atom is -0.370 e. The van der Waals surface area contributed by atoms with Crippen LogP contribution in [-0.2, 0) is 4.74 Å². The van der Waals surface area contributed by atoms with Crippen LogP contribution in [0, 0.1) is 5.41 Å². The molecule has 1 saturated carbocycles. The maximum atomic E-state index is 6.03. The Morgan fingerprint density at radius 2 is 1.79 bits per heavy atom. The number of rotatable bonds is 3. The minimum atomic E-state index is 0.00982. The van der Waals surface area contributed by atoms with E-state index in [1.54, 1.807) is 0 Å². The van der Waals surface area contributed by atoms with Gasteiger partial charge in [-0.25, -0.2) is 0 Å². The third-order valence-corrected chi connectivity index (χ3v) is 5.84. The van der Waals surface area contributed by atoms with Crippen LogP contribution in [-0.4, -0.2) is 41.6 Å². The van der Waals surface area contributed by atoms with Crippen molar-refractivity contribution >= 4 is 15.9 Å². The van der Waals surface area contributed by atoms with E-state index < -0.39 is 0 Å². The average Bonchev–Trinajstić information content (AvgIpc) is 2.52. The Morgan fingerprint density at radius 1 is 1.16 bits per heavy atom. The van der Waals surface area contributed by atoms with Gasteiger partial charge in [-0.2, -0.15) is 0 Å². The summed E-state index contributed by atoms with van der Waals surface area (Å²) in [5, 5.41) is 1.16. The van der Waals surface area contributed by atoms with Crippen LogP contribution in [0.25, 0.3) is 0 Å². The molecule has 19 heavy (non-hydrogen) atoms. The standard InChI is InChI=1S/C16H30BrNO/c1-14-10-18(12-15(2,3)19-14)13-16(11-17)8-6-4-5-7-9-16/h14H,4-13H2,1-3H3. The highest BCUT2D eigenvalue weighted by Gasteiger charge is 2.37. The number of ether oxygens (including phenoxy) is 1. The van der Waals surface area contributed by atoms with Crippen LogP contribution in [0.3, 0.4) is 0 Å². The van der Waals surface area contributed by atoms with Crippen molar-refractivity contribution in [2.45, 2.75) is 71.0 Å². The fraction of sp³-hybridized carbons (Fsp3) is 1.00. The predicted octanol–water partition coefficient (Wildman–Crippen LogP) is 4.22. The number of hydrogen-bond donors (Lipinski definition) is 0. The summed E-state index contributed by atoms with van der Waals surface area (Å²) in [4.78, 5) is 2.65. The van der Waals surface area contributed by atoms with Crippen LogP contribution < -0.4 is 0 Å². The first-order valence-corrected chi connectivity index (χ1v) is 9.03. The van der Waals surface area contributed by atoms with Gasteiger partial charge in [0.1, 0.15) is 0 Å². The van der Waals surface area contributed by atoms with Crippen molar-refractivity contribution in [2.24, 2.45) is 5.41 Å². The van der Waals surface area contributed by atoms with E-state index in [9.17, 15) is 0 Å². The zero-order valence-corrected chi connectivity index (χ0v) is 14.5. The fourth-order valence-electron chi connectivity index (χ4n) is 3.99. The average molecular weight is 332 g/mol. The second-order valence-electron chi connectivity index (χ2n) is 7.41. The van der Waals surface area contributed by atoms with E-state index >= 15 is 0 Å². The van der Waals surface area contributed by atoms with Gasteiger partial charge in [0, 0.05) is 25.0 Å². The Balaban J connectivity index is 2.00. The summed E-state index contributed by atoms with van der Waals surface area (Å²) in [6.07, 6.45) is 8.83. The van der Waals surface area contributed by atoms with Gasteiger partial charge in [-0.05, 0) is 39.0 Å². The third-order valence-electron chi connectivity index (χ3n) is 4.65. The van der Waals surface area contributed by atoms with Crippen LogP contribution in [0.1, 0.15) is 59.3 Å². The van der Waals surface area contributed by atoms with Gasteiger partial charge in [0.05, 0.1) is 11.7 Å². The summed E-state index contributed by atoms with van der Waals surface area (Å²) in [5.41, 5.74) is 0.513. The lowest BCUT2D eigenvalue weighted by Gasteiger charge is -2.45. The summed E-state index contributed by atoms with van der Waals surface area (Å²) in [7, 11) is 0. The molecule has 1 atom stereocenters. The monoisotopic (exact) mass is 331 g/mol. The Morgan fingerprint density at radius 3 is 2.32 bits per heavy atom. The van der Waals surface area contributed by atoms with Crippen LogP contribution >= 0.6 is 15.9 Å². The fourth-order valence-corrected chi connectivity index (χ4v) is 4.73. The molecule has 2 nitrogen and oxygen atoms in total. The molecular weight excluding hydrogens is 302 g/mol. The molecule has 0 bridgehead atoms. The Labute approximate surface area is 127 Å². The number of nitrogens with zero attached hydrogens (tertiary/aromatic N) is 1. The summed E-state index contributed by atoms with van der Waals surface area (Å²) >= 11 is 3.82. The second kappa shape index (κ2) is 6.44. The van der Waals surface area contributed by atoms with Crippen molar-refractivity contribution < 1.29 is 4.74 Å². The van der Waals surface area contributed by atoms with Crippen LogP contribution in [0.5, 0.6) is 0 Å². The van der Waals surface area contributed by atoms with E-state index in [2.05, 4.69) is 41.6 Å². The highest BCUT2D eigenvalue weighted by Crippen LogP contribution is 2.38. The Hall–Kier alpha value is 0.400. The van der Waals surface area contributed by atoms with Gasteiger partial charge in [-0.15, -0.1) is 0 Å². The number of morpholine rings is 1. The molecule has 0 radical (unpaired) electrons. The van der Waals surface area contributed by atoms with E-state index in [0.29, 0.717) is 11.5 Å². The van der Waals surface area contributed by atoms with Gasteiger partial charge < -0.3 is 4.74 Å². The molecule has 0 N–H and O–H groups in total. The molecule has 1 saturated heterocycles. The van der Waals surface area contributed by atoms with Gasteiger partial charge in [-0.3, -0.25) is 4.90 Å². The molecule has 0 aromatic rings. The normalized spacial score (nSPS) is 31.9. The van der Waals surface area contributed by atoms with Gasteiger partial charge in [0.15, 0.2) is 0 Å². The SMILES string of the molecule is CC1CN(CC2(CBr)CCCCCC2)CC(C)(C)O1. The maximum Gasteiger partial charge on any atom is 0.0757 e. The lowest BCUT2D eigenvalue weighted by atomic mass is 9.81. The molecule has 0 aromatic heterocycles. The first kappa shape index (κ1) is 15.8. The van der Waals surface area contributed by atoms with E-state index in [1.807, 2.05) is 0 Å². The van der Waals surface area contributed by atoms with E-state index in [4.69, 9.17) is 4.74 Å². The topological polar surface area (TPSA) is 12.5 Å². The molecule has 1 aliphatic carbocycles. The van der Waals surface area contributed by atoms with Gasteiger partial charge in [0.2, 0.25) is 0 Å². The molecule has 0 aromatic carbocycles. The maximum absolute atomic E-state index is 6.03. The first-order chi connectivity index (χ1) is 8.95. The summed E-state index contributed by atoms with van der Waals surface area (Å²) < 4.78 is 6.03. The van der Waals surface area contributed by atoms with Gasteiger partial charge in [-0.1, -0.05) is 41.6 Å². The van der Waals surface area contributed by atoms with Crippen molar-refractivity contribution in [1.82, 2.24) is 4.90 Å². The molecule has 2 fully saturated rings. The summed E-state index contributed by atoms with van der Waals surface area (Å²) in [6, 6.07) is 0. The third kappa shape index (κ3) is 4.44. The molecule has 1 heterocycles. The van der Waals surface area contributed by atoms with Crippen molar-refractivity contribution in [3.63, 3.8) is 0 Å². The zero-order valence-electron chi connectivity index (χ0n) is 12.9. The molecule has 2 aliphatic rings. The van der Waals surface area contributed by atoms with Crippen molar-refractivity contribution in [3.8, 4) is 0 Å². The van der Waals surface area contributed by atoms with Crippen molar-refractivity contribution in [2.75, 3.05) is 25.0 Å². The first-order valence-electron chi connectivity index (χ1n) is 7.91. The van der Waals surface area contributed by atoms with E-state index in [0.717, 1.165) is 18.4 Å². The molecule has 3 heteroatoms. The minimum absolute atomic E-state index is 0.00982. The largest absolute Gasteiger partial charge is 0.370 e. The molecule has 112 valence electrons.